The molecule has 0 bridgehead atoms. The zero-order valence-electron chi connectivity index (χ0n) is 11.8. The minimum atomic E-state index is -0.433. The molecule has 3 rings (SSSR count). The van der Waals surface area contributed by atoms with E-state index in [1.807, 2.05) is 12.1 Å². The first kappa shape index (κ1) is 14.9. The van der Waals surface area contributed by atoms with Gasteiger partial charge in [-0.05, 0) is 42.5 Å². The molecule has 0 atom stereocenters. The van der Waals surface area contributed by atoms with E-state index in [0.29, 0.717) is 16.7 Å². The van der Waals surface area contributed by atoms with Gasteiger partial charge in [0.15, 0.2) is 0 Å². The summed E-state index contributed by atoms with van der Waals surface area (Å²) in [4.78, 5) is 18.8. The van der Waals surface area contributed by atoms with Gasteiger partial charge in [0, 0.05) is 34.6 Å². The Labute approximate surface area is 136 Å². The van der Waals surface area contributed by atoms with Crippen molar-refractivity contribution in [3.63, 3.8) is 0 Å². The molecule has 0 unspecified atom stereocenters. The molecule has 3 aromatic rings. The number of aromatic nitrogens is 2. The number of nitro groups is 1. The summed E-state index contributed by atoms with van der Waals surface area (Å²) in [7, 11) is 0. The summed E-state index contributed by atoms with van der Waals surface area (Å²) < 4.78 is 0. The summed E-state index contributed by atoms with van der Waals surface area (Å²) >= 11 is 5.85. The number of nitro benzene ring substituents is 1. The summed E-state index contributed by atoms with van der Waals surface area (Å²) in [6.07, 6.45) is 1.63. The van der Waals surface area contributed by atoms with Crippen LogP contribution >= 0.6 is 11.6 Å². The number of anilines is 2. The standard InChI is InChI=1S/C16H11ClN4O2/c17-12-3-5-13(6-4-12)19-16-18-10-9-15(20-16)11-1-7-14(8-2-11)21(22)23/h1-10H,(H,18,19,20). The molecule has 1 N–H and O–H groups in total. The maximum atomic E-state index is 10.7. The van der Waals surface area contributed by atoms with Crippen LogP contribution in [0.1, 0.15) is 0 Å². The van der Waals surface area contributed by atoms with E-state index in [2.05, 4.69) is 15.3 Å². The van der Waals surface area contributed by atoms with E-state index in [9.17, 15) is 10.1 Å². The molecule has 7 heteroatoms. The number of benzene rings is 2. The van der Waals surface area contributed by atoms with Gasteiger partial charge in [0.25, 0.3) is 5.69 Å². The van der Waals surface area contributed by atoms with Crippen LogP contribution in [0.15, 0.2) is 60.8 Å². The number of hydrogen-bond donors (Lipinski definition) is 1. The van der Waals surface area contributed by atoms with Crippen LogP contribution in [0.5, 0.6) is 0 Å². The quantitative estimate of drug-likeness (QED) is 0.566. The van der Waals surface area contributed by atoms with Crippen molar-refractivity contribution in [2.45, 2.75) is 0 Å². The third-order valence-electron chi connectivity index (χ3n) is 3.13. The molecule has 1 heterocycles. The summed E-state index contributed by atoms with van der Waals surface area (Å²) in [5.74, 6) is 0.433. The van der Waals surface area contributed by atoms with Crippen LogP contribution in [0.2, 0.25) is 5.02 Å². The first-order chi connectivity index (χ1) is 11.1. The van der Waals surface area contributed by atoms with E-state index >= 15 is 0 Å². The summed E-state index contributed by atoms with van der Waals surface area (Å²) in [5.41, 5.74) is 2.31. The predicted octanol–water partition coefficient (Wildman–Crippen LogP) is 4.45. The highest BCUT2D eigenvalue weighted by Crippen LogP contribution is 2.22. The minimum absolute atomic E-state index is 0.0438. The first-order valence-electron chi connectivity index (χ1n) is 6.72. The smallest absolute Gasteiger partial charge is 0.269 e. The second kappa shape index (κ2) is 6.41. The summed E-state index contributed by atoms with van der Waals surface area (Å²) in [6, 6.07) is 15.1. The normalized spacial score (nSPS) is 10.3. The van der Waals surface area contributed by atoms with Gasteiger partial charge in [-0.1, -0.05) is 11.6 Å². The fourth-order valence-corrected chi connectivity index (χ4v) is 2.12. The van der Waals surface area contributed by atoms with Gasteiger partial charge >= 0.3 is 0 Å². The predicted molar refractivity (Wildman–Crippen MR) is 88.9 cm³/mol. The Morgan fingerprint density at radius 3 is 2.35 bits per heavy atom. The Hall–Kier alpha value is -2.99. The Kier molecular flexibility index (Phi) is 4.16. The van der Waals surface area contributed by atoms with Crippen molar-refractivity contribution >= 4 is 28.9 Å². The zero-order chi connectivity index (χ0) is 16.2. The zero-order valence-corrected chi connectivity index (χ0v) is 12.6. The van der Waals surface area contributed by atoms with Crippen molar-refractivity contribution in [3.05, 3.63) is 75.9 Å². The van der Waals surface area contributed by atoms with Crippen molar-refractivity contribution in [1.29, 1.82) is 0 Å². The molecule has 0 radical (unpaired) electrons. The largest absolute Gasteiger partial charge is 0.324 e. The van der Waals surface area contributed by atoms with Crippen LogP contribution < -0.4 is 5.32 Å². The highest BCUT2D eigenvalue weighted by molar-refractivity contribution is 6.30. The molecule has 2 aromatic carbocycles. The molecular weight excluding hydrogens is 316 g/mol. The van der Waals surface area contributed by atoms with Crippen LogP contribution in [0.4, 0.5) is 17.3 Å². The van der Waals surface area contributed by atoms with E-state index in [1.54, 1.807) is 36.5 Å². The van der Waals surface area contributed by atoms with Crippen LogP contribution in [0.3, 0.4) is 0 Å². The maximum absolute atomic E-state index is 10.7. The molecule has 0 aliphatic rings. The van der Waals surface area contributed by atoms with E-state index < -0.39 is 4.92 Å². The second-order valence-electron chi connectivity index (χ2n) is 4.70. The van der Waals surface area contributed by atoms with Crippen LogP contribution in [-0.4, -0.2) is 14.9 Å². The molecule has 0 spiro atoms. The van der Waals surface area contributed by atoms with Crippen LogP contribution in [-0.2, 0) is 0 Å². The number of non-ortho nitro benzene ring substituents is 1. The molecule has 0 saturated carbocycles. The number of hydrogen-bond acceptors (Lipinski definition) is 5. The van der Waals surface area contributed by atoms with Crippen molar-refractivity contribution < 1.29 is 4.92 Å². The molecule has 1 aromatic heterocycles. The Bertz CT molecular complexity index is 835. The molecule has 23 heavy (non-hydrogen) atoms. The molecular formula is C16H11ClN4O2. The van der Waals surface area contributed by atoms with E-state index in [4.69, 9.17) is 11.6 Å². The number of rotatable bonds is 4. The highest BCUT2D eigenvalue weighted by Gasteiger charge is 2.07. The SMILES string of the molecule is O=[N+]([O-])c1ccc(-c2ccnc(Nc3ccc(Cl)cc3)n2)cc1. The molecule has 0 fully saturated rings. The van der Waals surface area contributed by atoms with Gasteiger partial charge in [-0.15, -0.1) is 0 Å². The number of halogens is 1. The van der Waals surface area contributed by atoms with E-state index in [-0.39, 0.29) is 5.69 Å². The van der Waals surface area contributed by atoms with Crippen molar-refractivity contribution in [2.24, 2.45) is 0 Å². The van der Waals surface area contributed by atoms with E-state index in [1.165, 1.54) is 12.1 Å². The fourth-order valence-electron chi connectivity index (χ4n) is 2.00. The average Bonchev–Trinajstić information content (AvgIpc) is 2.57. The molecule has 0 amide bonds. The minimum Gasteiger partial charge on any atom is -0.324 e. The van der Waals surface area contributed by atoms with Gasteiger partial charge in [-0.25, -0.2) is 9.97 Å². The molecule has 0 aliphatic carbocycles. The molecule has 114 valence electrons. The number of nitrogens with one attached hydrogen (secondary N) is 1. The van der Waals surface area contributed by atoms with Gasteiger partial charge < -0.3 is 5.32 Å². The lowest BCUT2D eigenvalue weighted by atomic mass is 10.1. The Morgan fingerprint density at radius 2 is 1.70 bits per heavy atom. The lowest BCUT2D eigenvalue weighted by Crippen LogP contribution is -1.97. The molecule has 0 saturated heterocycles. The van der Waals surface area contributed by atoms with Crippen LogP contribution in [0.25, 0.3) is 11.3 Å². The lowest BCUT2D eigenvalue weighted by molar-refractivity contribution is -0.384. The second-order valence-corrected chi connectivity index (χ2v) is 5.14. The van der Waals surface area contributed by atoms with Crippen molar-refractivity contribution in [1.82, 2.24) is 9.97 Å². The van der Waals surface area contributed by atoms with Gasteiger partial charge in [0.2, 0.25) is 5.95 Å². The average molecular weight is 327 g/mol. The Morgan fingerprint density at radius 1 is 1.00 bits per heavy atom. The third-order valence-corrected chi connectivity index (χ3v) is 3.38. The monoisotopic (exact) mass is 326 g/mol. The summed E-state index contributed by atoms with van der Waals surface area (Å²) in [6.45, 7) is 0. The van der Waals surface area contributed by atoms with Crippen LogP contribution in [0, 0.1) is 10.1 Å². The first-order valence-corrected chi connectivity index (χ1v) is 7.10. The van der Waals surface area contributed by atoms with Gasteiger partial charge in [-0.3, -0.25) is 10.1 Å². The van der Waals surface area contributed by atoms with Gasteiger partial charge in [0.1, 0.15) is 0 Å². The van der Waals surface area contributed by atoms with E-state index in [0.717, 1.165) is 11.3 Å². The summed E-state index contributed by atoms with van der Waals surface area (Å²) in [5, 5.41) is 14.4. The maximum Gasteiger partial charge on any atom is 0.269 e. The van der Waals surface area contributed by atoms with Gasteiger partial charge in [-0.2, -0.15) is 0 Å². The van der Waals surface area contributed by atoms with Gasteiger partial charge in [0.05, 0.1) is 10.6 Å². The molecule has 6 nitrogen and oxygen atoms in total. The number of nitrogens with zero attached hydrogens (tertiary/aromatic N) is 3. The third kappa shape index (κ3) is 3.61. The lowest BCUT2D eigenvalue weighted by Gasteiger charge is -2.06. The highest BCUT2D eigenvalue weighted by atomic mass is 35.5. The molecule has 0 aliphatic heterocycles. The fraction of sp³-hybridized carbons (Fsp3) is 0. The van der Waals surface area contributed by atoms with Crippen molar-refractivity contribution in [3.8, 4) is 11.3 Å². The Balaban J connectivity index is 1.84. The topological polar surface area (TPSA) is 81.0 Å². The van der Waals surface area contributed by atoms with Crippen molar-refractivity contribution in [2.75, 3.05) is 5.32 Å².